The highest BCUT2D eigenvalue weighted by Gasteiger charge is 2.11. The number of benzene rings is 1. The summed E-state index contributed by atoms with van der Waals surface area (Å²) in [6.07, 6.45) is 1.43. The van der Waals surface area contributed by atoms with E-state index in [2.05, 4.69) is 15.0 Å². The molecule has 0 bridgehead atoms. The lowest BCUT2D eigenvalue weighted by Crippen LogP contribution is -2.29. The second-order valence-electron chi connectivity index (χ2n) is 4.37. The van der Waals surface area contributed by atoms with Crippen molar-refractivity contribution >= 4 is 34.4 Å². The van der Waals surface area contributed by atoms with Gasteiger partial charge in [0.15, 0.2) is 11.2 Å². The lowest BCUT2D eigenvalue weighted by atomic mass is 10.1. The predicted octanol–water partition coefficient (Wildman–Crippen LogP) is 1.99. The van der Waals surface area contributed by atoms with Gasteiger partial charge in [0.1, 0.15) is 0 Å². The van der Waals surface area contributed by atoms with Crippen molar-refractivity contribution < 1.29 is 0 Å². The number of fused-ring (bicyclic) bond motifs is 1. The average molecular weight is 323 g/mol. The number of H-pyrrole nitrogens is 1. The number of aromatic amines is 1. The Hall–Kier alpha value is -2.18. The molecular formula is C13H8Cl2N4O2. The van der Waals surface area contributed by atoms with Crippen molar-refractivity contribution in [2.75, 3.05) is 0 Å². The van der Waals surface area contributed by atoms with Crippen molar-refractivity contribution in [1.82, 2.24) is 19.5 Å². The molecule has 1 aromatic carbocycles. The molecule has 0 unspecified atom stereocenters. The first kappa shape index (κ1) is 13.8. The molecule has 0 saturated heterocycles. The van der Waals surface area contributed by atoms with Crippen molar-refractivity contribution in [3.63, 3.8) is 0 Å². The summed E-state index contributed by atoms with van der Waals surface area (Å²) in [5, 5.41) is 0.910. The summed E-state index contributed by atoms with van der Waals surface area (Å²) in [5.41, 5.74) is 0.210. The number of aryl methyl sites for hydroxylation is 1. The van der Waals surface area contributed by atoms with Crippen molar-refractivity contribution in [2.45, 2.75) is 0 Å². The largest absolute Gasteiger partial charge is 0.329 e. The van der Waals surface area contributed by atoms with Crippen LogP contribution >= 0.6 is 23.2 Å². The van der Waals surface area contributed by atoms with Gasteiger partial charge in [-0.2, -0.15) is 0 Å². The van der Waals surface area contributed by atoms with Gasteiger partial charge < -0.3 is 0 Å². The minimum Gasteiger partial charge on any atom is -0.279 e. The molecule has 6 nitrogen and oxygen atoms in total. The highest BCUT2D eigenvalue weighted by Crippen LogP contribution is 2.29. The summed E-state index contributed by atoms with van der Waals surface area (Å²) in [6.45, 7) is 0. The topological polar surface area (TPSA) is 80.6 Å². The summed E-state index contributed by atoms with van der Waals surface area (Å²) in [4.78, 5) is 33.8. The Balaban J connectivity index is 2.33. The molecule has 0 saturated carbocycles. The summed E-state index contributed by atoms with van der Waals surface area (Å²) in [7, 11) is 1.50. The average Bonchev–Trinajstić information content (AvgIpc) is 2.44. The number of halogens is 2. The fourth-order valence-electron chi connectivity index (χ4n) is 1.94. The van der Waals surface area contributed by atoms with Gasteiger partial charge in [0.25, 0.3) is 5.56 Å². The smallest absolute Gasteiger partial charge is 0.279 e. The summed E-state index contributed by atoms with van der Waals surface area (Å²) < 4.78 is 1.22. The third-order valence-electron chi connectivity index (χ3n) is 3.02. The molecule has 0 radical (unpaired) electrons. The highest BCUT2D eigenvalue weighted by molar-refractivity contribution is 6.36. The van der Waals surface area contributed by atoms with Gasteiger partial charge in [-0.3, -0.25) is 14.3 Å². The molecule has 0 amide bonds. The molecule has 106 valence electrons. The van der Waals surface area contributed by atoms with Crippen LogP contribution in [0.15, 0.2) is 34.0 Å². The van der Waals surface area contributed by atoms with E-state index in [-0.39, 0.29) is 11.2 Å². The van der Waals surface area contributed by atoms with E-state index < -0.39 is 11.2 Å². The van der Waals surface area contributed by atoms with Crippen LogP contribution in [0, 0.1) is 0 Å². The summed E-state index contributed by atoms with van der Waals surface area (Å²) >= 11 is 12.0. The maximum absolute atomic E-state index is 11.7. The number of hydrogen-bond donors (Lipinski definition) is 1. The van der Waals surface area contributed by atoms with Crippen LogP contribution in [0.3, 0.4) is 0 Å². The Morgan fingerprint density at radius 2 is 2.00 bits per heavy atom. The number of nitrogens with zero attached hydrogens (tertiary/aromatic N) is 3. The minimum atomic E-state index is -0.575. The molecule has 0 atom stereocenters. The number of hydrogen-bond acceptors (Lipinski definition) is 4. The Labute approximate surface area is 128 Å². The van der Waals surface area contributed by atoms with Crippen LogP contribution in [0.5, 0.6) is 0 Å². The Bertz CT molecular complexity index is 978. The molecule has 0 spiro atoms. The Morgan fingerprint density at radius 1 is 1.24 bits per heavy atom. The molecule has 2 aromatic heterocycles. The monoisotopic (exact) mass is 322 g/mol. The van der Waals surface area contributed by atoms with E-state index in [1.54, 1.807) is 18.2 Å². The molecule has 0 fully saturated rings. The van der Waals surface area contributed by atoms with Crippen LogP contribution in [0.25, 0.3) is 22.4 Å². The molecule has 1 N–H and O–H groups in total. The predicted molar refractivity (Wildman–Crippen MR) is 80.9 cm³/mol. The summed E-state index contributed by atoms with van der Waals surface area (Å²) in [5.74, 6) is 0. The summed E-state index contributed by atoms with van der Waals surface area (Å²) in [6, 6.07) is 4.96. The maximum Gasteiger partial charge on any atom is 0.329 e. The zero-order valence-corrected chi connectivity index (χ0v) is 12.2. The second kappa shape index (κ2) is 4.98. The van der Waals surface area contributed by atoms with Crippen molar-refractivity contribution in [3.05, 3.63) is 55.3 Å². The molecule has 8 heteroatoms. The number of rotatable bonds is 1. The van der Waals surface area contributed by atoms with Crippen LogP contribution in [-0.2, 0) is 7.05 Å². The van der Waals surface area contributed by atoms with Gasteiger partial charge >= 0.3 is 5.69 Å². The zero-order valence-electron chi connectivity index (χ0n) is 10.7. The molecular weight excluding hydrogens is 315 g/mol. The van der Waals surface area contributed by atoms with Crippen LogP contribution in [-0.4, -0.2) is 19.5 Å². The van der Waals surface area contributed by atoms with Gasteiger partial charge in [0, 0.05) is 17.6 Å². The number of nitrogens with one attached hydrogen (secondary N) is 1. The Kier molecular flexibility index (Phi) is 3.27. The normalized spacial score (nSPS) is 11.0. The van der Waals surface area contributed by atoms with Crippen molar-refractivity contribution in [1.29, 1.82) is 0 Å². The first-order chi connectivity index (χ1) is 9.97. The van der Waals surface area contributed by atoms with Crippen LogP contribution in [0.2, 0.25) is 10.0 Å². The molecule has 21 heavy (non-hydrogen) atoms. The van der Waals surface area contributed by atoms with Gasteiger partial charge in [-0.1, -0.05) is 23.2 Å². The van der Waals surface area contributed by atoms with Gasteiger partial charge in [0.2, 0.25) is 0 Å². The van der Waals surface area contributed by atoms with Crippen LogP contribution in [0.4, 0.5) is 0 Å². The quantitative estimate of drug-likeness (QED) is 0.743. The van der Waals surface area contributed by atoms with E-state index >= 15 is 0 Å². The van der Waals surface area contributed by atoms with Gasteiger partial charge in [0.05, 0.1) is 16.9 Å². The van der Waals surface area contributed by atoms with Crippen molar-refractivity contribution in [3.8, 4) is 11.3 Å². The van der Waals surface area contributed by atoms with Gasteiger partial charge in [-0.05, 0) is 18.2 Å². The van der Waals surface area contributed by atoms with E-state index in [1.165, 1.54) is 17.8 Å². The molecule has 3 rings (SSSR count). The Morgan fingerprint density at radius 3 is 2.71 bits per heavy atom. The molecule has 3 aromatic rings. The van der Waals surface area contributed by atoms with Gasteiger partial charge in [-0.15, -0.1) is 0 Å². The molecule has 0 aliphatic heterocycles. The van der Waals surface area contributed by atoms with E-state index in [1.807, 2.05) is 0 Å². The lowest BCUT2D eigenvalue weighted by Gasteiger charge is -2.07. The van der Waals surface area contributed by atoms with E-state index in [4.69, 9.17) is 23.2 Å². The SMILES string of the molecule is Cn1c(=O)[nH]c(=O)c2ncc(-c3ccc(Cl)cc3Cl)nc21. The number of aromatic nitrogens is 4. The van der Waals surface area contributed by atoms with Crippen LogP contribution in [0.1, 0.15) is 0 Å². The van der Waals surface area contributed by atoms with Crippen LogP contribution < -0.4 is 11.2 Å². The standard InChI is InChI=1S/C13H8Cl2N4O2/c1-19-11-10(12(20)18-13(19)21)16-5-9(17-11)7-3-2-6(14)4-8(7)15/h2-5H,1H3,(H,18,20,21). The zero-order chi connectivity index (χ0) is 15.1. The third-order valence-corrected chi connectivity index (χ3v) is 3.57. The molecule has 2 heterocycles. The highest BCUT2D eigenvalue weighted by atomic mass is 35.5. The fraction of sp³-hybridized carbons (Fsp3) is 0.0769. The van der Waals surface area contributed by atoms with E-state index in [9.17, 15) is 9.59 Å². The second-order valence-corrected chi connectivity index (χ2v) is 5.21. The minimum absolute atomic E-state index is 0.0888. The van der Waals surface area contributed by atoms with Gasteiger partial charge in [-0.25, -0.2) is 14.8 Å². The van der Waals surface area contributed by atoms with E-state index in [0.717, 1.165) is 0 Å². The first-order valence-corrected chi connectivity index (χ1v) is 6.64. The van der Waals surface area contributed by atoms with E-state index in [0.29, 0.717) is 21.3 Å². The van der Waals surface area contributed by atoms with Crippen molar-refractivity contribution in [2.24, 2.45) is 7.05 Å². The first-order valence-electron chi connectivity index (χ1n) is 5.89. The third kappa shape index (κ3) is 2.32. The maximum atomic E-state index is 11.7. The lowest BCUT2D eigenvalue weighted by molar-refractivity contribution is 0.825. The fourth-order valence-corrected chi connectivity index (χ4v) is 2.44. The molecule has 0 aliphatic carbocycles. The molecule has 0 aliphatic rings.